The lowest BCUT2D eigenvalue weighted by atomic mass is 10.1. The second-order valence-electron chi connectivity index (χ2n) is 4.69. The number of rotatable bonds is 5. The van der Waals surface area contributed by atoms with Gasteiger partial charge in [0.2, 0.25) is 0 Å². The smallest absolute Gasteiger partial charge is 0.154 e. The first-order valence-electron chi connectivity index (χ1n) is 6.69. The summed E-state index contributed by atoms with van der Waals surface area (Å²) in [6, 6.07) is 13.5. The number of benzene rings is 2. The van der Waals surface area contributed by atoms with Crippen LogP contribution < -0.4 is 10.5 Å². The molecule has 5 nitrogen and oxygen atoms in total. The number of aromatic amines is 1. The largest absolute Gasteiger partial charge is 0.483 e. The van der Waals surface area contributed by atoms with Crippen LogP contribution in [0.2, 0.25) is 5.02 Å². The van der Waals surface area contributed by atoms with Crippen LogP contribution in [-0.4, -0.2) is 22.0 Å². The van der Waals surface area contributed by atoms with Crippen molar-refractivity contribution in [1.29, 1.82) is 0 Å². The molecule has 0 aliphatic heterocycles. The summed E-state index contributed by atoms with van der Waals surface area (Å²) in [6.45, 7) is 0.530. The van der Waals surface area contributed by atoms with Gasteiger partial charge in [0.25, 0.3) is 0 Å². The Bertz CT molecular complexity index is 729. The first kappa shape index (κ1) is 13.9. The van der Waals surface area contributed by atoms with Crippen molar-refractivity contribution in [2.24, 2.45) is 5.73 Å². The molecule has 0 unspecified atom stereocenters. The monoisotopic (exact) mass is 302 g/mol. The number of aromatic nitrogens is 3. The van der Waals surface area contributed by atoms with Crippen molar-refractivity contribution in [3.05, 3.63) is 53.1 Å². The van der Waals surface area contributed by atoms with Crippen molar-refractivity contribution >= 4 is 22.6 Å². The van der Waals surface area contributed by atoms with Crippen LogP contribution in [0.4, 0.5) is 0 Å². The molecule has 0 fully saturated rings. The average Bonchev–Trinajstić information content (AvgIpc) is 2.96. The maximum atomic E-state index is 6.11. The average molecular weight is 303 g/mol. The third kappa shape index (κ3) is 2.99. The van der Waals surface area contributed by atoms with Crippen molar-refractivity contribution in [3.63, 3.8) is 0 Å². The SMILES string of the molecule is NCC[C@@H](Oc1cc(Cl)cc2n[nH]nc12)c1ccccc1. The van der Waals surface area contributed by atoms with E-state index in [0.29, 0.717) is 34.8 Å². The van der Waals surface area contributed by atoms with Gasteiger partial charge in [0, 0.05) is 17.5 Å². The summed E-state index contributed by atoms with van der Waals surface area (Å²) in [5, 5.41) is 11.3. The lowest BCUT2D eigenvalue weighted by molar-refractivity contribution is 0.200. The van der Waals surface area contributed by atoms with E-state index in [1.807, 2.05) is 30.3 Å². The molecule has 0 aliphatic rings. The normalized spacial score (nSPS) is 12.5. The summed E-state index contributed by atoms with van der Waals surface area (Å²) in [4.78, 5) is 0. The van der Waals surface area contributed by atoms with E-state index in [4.69, 9.17) is 22.1 Å². The van der Waals surface area contributed by atoms with E-state index in [0.717, 1.165) is 5.56 Å². The number of hydrogen-bond acceptors (Lipinski definition) is 4. The lowest BCUT2D eigenvalue weighted by Crippen LogP contribution is -2.13. The Balaban J connectivity index is 1.96. The van der Waals surface area contributed by atoms with Crippen molar-refractivity contribution in [2.75, 3.05) is 6.54 Å². The number of H-pyrrole nitrogens is 1. The molecule has 1 atom stereocenters. The van der Waals surface area contributed by atoms with Crippen LogP contribution in [-0.2, 0) is 0 Å². The summed E-state index contributed by atoms with van der Waals surface area (Å²) in [7, 11) is 0. The Morgan fingerprint density at radius 2 is 2.00 bits per heavy atom. The molecular weight excluding hydrogens is 288 g/mol. The van der Waals surface area contributed by atoms with Crippen LogP contribution in [0.25, 0.3) is 11.0 Å². The zero-order chi connectivity index (χ0) is 14.7. The van der Waals surface area contributed by atoms with Crippen molar-refractivity contribution in [1.82, 2.24) is 15.4 Å². The van der Waals surface area contributed by atoms with Crippen molar-refractivity contribution in [3.8, 4) is 5.75 Å². The van der Waals surface area contributed by atoms with Gasteiger partial charge in [-0.25, -0.2) is 0 Å². The minimum Gasteiger partial charge on any atom is -0.483 e. The zero-order valence-corrected chi connectivity index (χ0v) is 12.0. The summed E-state index contributed by atoms with van der Waals surface area (Å²) in [6.07, 6.45) is 0.560. The van der Waals surface area contributed by atoms with Crippen molar-refractivity contribution < 1.29 is 4.74 Å². The van der Waals surface area contributed by atoms with Gasteiger partial charge < -0.3 is 10.5 Å². The van der Waals surface area contributed by atoms with Crippen LogP contribution in [0.5, 0.6) is 5.75 Å². The summed E-state index contributed by atoms with van der Waals surface area (Å²) in [5.41, 5.74) is 8.11. The standard InChI is InChI=1S/C15H15ClN4O/c16-11-8-12-15(19-20-18-12)14(9-11)21-13(6-7-17)10-4-2-1-3-5-10/h1-5,8-9,13H,6-7,17H2,(H,18,19,20)/t13-/m1/s1. The van der Waals surface area contributed by atoms with Gasteiger partial charge in [-0.1, -0.05) is 41.9 Å². The van der Waals surface area contributed by atoms with Gasteiger partial charge in [0.05, 0.1) is 0 Å². The summed E-state index contributed by atoms with van der Waals surface area (Å²) in [5.74, 6) is 0.605. The van der Waals surface area contributed by atoms with Crippen LogP contribution in [0, 0.1) is 0 Å². The predicted octanol–water partition coefficient (Wildman–Crippen LogP) is 3.08. The maximum Gasteiger partial charge on any atom is 0.154 e. The summed E-state index contributed by atoms with van der Waals surface area (Å²) >= 11 is 6.10. The Morgan fingerprint density at radius 1 is 1.19 bits per heavy atom. The highest BCUT2D eigenvalue weighted by molar-refractivity contribution is 6.31. The number of halogens is 1. The van der Waals surface area contributed by atoms with E-state index < -0.39 is 0 Å². The van der Waals surface area contributed by atoms with Crippen LogP contribution in [0.15, 0.2) is 42.5 Å². The Hall–Kier alpha value is -2.11. The van der Waals surface area contributed by atoms with E-state index in [1.165, 1.54) is 0 Å². The minimum atomic E-state index is -0.144. The fraction of sp³-hybridized carbons (Fsp3) is 0.200. The first-order chi connectivity index (χ1) is 10.3. The van der Waals surface area contributed by atoms with Crippen LogP contribution in [0.1, 0.15) is 18.1 Å². The molecule has 1 heterocycles. The van der Waals surface area contributed by atoms with E-state index >= 15 is 0 Å². The van der Waals surface area contributed by atoms with E-state index in [9.17, 15) is 0 Å². The molecule has 0 saturated heterocycles. The molecule has 0 spiro atoms. The van der Waals surface area contributed by atoms with Gasteiger partial charge in [0.1, 0.15) is 11.6 Å². The number of nitrogens with one attached hydrogen (secondary N) is 1. The van der Waals surface area contributed by atoms with Crippen LogP contribution >= 0.6 is 11.6 Å². The molecule has 6 heteroatoms. The molecule has 0 bridgehead atoms. The third-order valence-corrected chi connectivity index (χ3v) is 3.44. The fourth-order valence-electron chi connectivity index (χ4n) is 2.24. The zero-order valence-electron chi connectivity index (χ0n) is 11.3. The molecule has 108 valence electrons. The molecule has 0 amide bonds. The molecule has 3 rings (SSSR count). The van der Waals surface area contributed by atoms with Gasteiger partial charge in [-0.3, -0.25) is 0 Å². The number of nitrogens with zero attached hydrogens (tertiary/aromatic N) is 2. The van der Waals surface area contributed by atoms with E-state index in [2.05, 4.69) is 15.4 Å². The Morgan fingerprint density at radius 3 is 2.76 bits per heavy atom. The van der Waals surface area contributed by atoms with Gasteiger partial charge in [0.15, 0.2) is 11.3 Å². The molecule has 3 aromatic rings. The van der Waals surface area contributed by atoms with Gasteiger partial charge >= 0.3 is 0 Å². The number of hydrogen-bond donors (Lipinski definition) is 2. The van der Waals surface area contributed by atoms with Gasteiger partial charge in [-0.15, -0.1) is 0 Å². The number of nitrogens with two attached hydrogens (primary N) is 1. The summed E-state index contributed by atoms with van der Waals surface area (Å²) < 4.78 is 6.11. The molecule has 0 radical (unpaired) electrons. The van der Waals surface area contributed by atoms with E-state index in [1.54, 1.807) is 12.1 Å². The molecule has 21 heavy (non-hydrogen) atoms. The first-order valence-corrected chi connectivity index (χ1v) is 7.07. The number of fused-ring (bicyclic) bond motifs is 1. The molecule has 0 saturated carbocycles. The third-order valence-electron chi connectivity index (χ3n) is 3.22. The minimum absolute atomic E-state index is 0.144. The predicted molar refractivity (Wildman–Crippen MR) is 82.4 cm³/mol. The highest BCUT2D eigenvalue weighted by Gasteiger charge is 2.16. The molecule has 2 aromatic carbocycles. The second-order valence-corrected chi connectivity index (χ2v) is 5.13. The van der Waals surface area contributed by atoms with Crippen molar-refractivity contribution in [2.45, 2.75) is 12.5 Å². The lowest BCUT2D eigenvalue weighted by Gasteiger charge is -2.19. The molecule has 3 N–H and O–H groups in total. The number of ether oxygens (including phenoxy) is 1. The maximum absolute atomic E-state index is 6.11. The fourth-order valence-corrected chi connectivity index (χ4v) is 2.45. The highest BCUT2D eigenvalue weighted by atomic mass is 35.5. The van der Waals surface area contributed by atoms with Gasteiger partial charge in [-0.2, -0.15) is 15.4 Å². The molecule has 0 aliphatic carbocycles. The van der Waals surface area contributed by atoms with Crippen LogP contribution in [0.3, 0.4) is 0 Å². The molecular formula is C15H15ClN4O. The van der Waals surface area contributed by atoms with E-state index in [-0.39, 0.29) is 6.10 Å². The molecule has 1 aromatic heterocycles. The quantitative estimate of drug-likeness (QED) is 0.759. The Labute approximate surface area is 127 Å². The second kappa shape index (κ2) is 6.11. The topological polar surface area (TPSA) is 76.8 Å². The Kier molecular flexibility index (Phi) is 4.03. The van der Waals surface area contributed by atoms with Gasteiger partial charge in [-0.05, 0) is 18.2 Å². The highest BCUT2D eigenvalue weighted by Crippen LogP contribution is 2.31.